The fraction of sp³-hybridized carbons (Fsp3) is 0.158. The molecule has 2 aromatic rings. The molecule has 122 valence electrons. The minimum Gasteiger partial charge on any atom is -0.506 e. The summed E-state index contributed by atoms with van der Waals surface area (Å²) in [6.07, 6.45) is 1.28. The van der Waals surface area contributed by atoms with E-state index in [1.54, 1.807) is 18.2 Å². The predicted molar refractivity (Wildman–Crippen MR) is 94.7 cm³/mol. The Morgan fingerprint density at radius 2 is 1.79 bits per heavy atom. The molecular weight excluding hydrogens is 302 g/mol. The third kappa shape index (κ3) is 3.93. The maximum absolute atomic E-state index is 12.3. The lowest BCUT2D eigenvalue weighted by molar-refractivity contribution is -0.112. The number of nitrogens with zero attached hydrogens (tertiary/aromatic N) is 1. The van der Waals surface area contributed by atoms with E-state index in [1.807, 2.05) is 39.0 Å². The van der Waals surface area contributed by atoms with Gasteiger partial charge in [0.05, 0.1) is 5.69 Å². The monoisotopic (exact) mass is 321 g/mol. The van der Waals surface area contributed by atoms with Crippen molar-refractivity contribution in [1.29, 1.82) is 5.26 Å². The number of hydrogen-bond donors (Lipinski definition) is 3. The summed E-state index contributed by atoms with van der Waals surface area (Å²) in [6, 6.07) is 12.4. The first-order valence-electron chi connectivity index (χ1n) is 7.46. The highest BCUT2D eigenvalue weighted by Gasteiger charge is 2.13. The van der Waals surface area contributed by atoms with Crippen LogP contribution in [-0.2, 0) is 4.79 Å². The number of amides is 1. The molecule has 0 saturated heterocycles. The fourth-order valence-corrected chi connectivity index (χ4v) is 2.45. The molecular formula is C19H19N3O2. The van der Waals surface area contributed by atoms with Crippen molar-refractivity contribution in [2.75, 3.05) is 10.6 Å². The maximum Gasteiger partial charge on any atom is 0.267 e. The van der Waals surface area contributed by atoms with Gasteiger partial charge in [0.2, 0.25) is 0 Å². The smallest absolute Gasteiger partial charge is 0.267 e. The Labute approximate surface area is 141 Å². The van der Waals surface area contributed by atoms with Gasteiger partial charge in [0.15, 0.2) is 0 Å². The molecule has 2 aromatic carbocycles. The van der Waals surface area contributed by atoms with Gasteiger partial charge in [-0.25, -0.2) is 0 Å². The number of aryl methyl sites for hydroxylation is 3. The van der Waals surface area contributed by atoms with Gasteiger partial charge in [-0.15, -0.1) is 0 Å². The van der Waals surface area contributed by atoms with Crippen molar-refractivity contribution in [2.24, 2.45) is 0 Å². The van der Waals surface area contributed by atoms with Crippen LogP contribution in [0.15, 0.2) is 48.2 Å². The lowest BCUT2D eigenvalue weighted by Gasteiger charge is -2.12. The number of para-hydroxylation sites is 2. The van der Waals surface area contributed by atoms with Crippen molar-refractivity contribution in [3.05, 3.63) is 64.9 Å². The number of benzene rings is 2. The molecule has 0 unspecified atom stereocenters. The summed E-state index contributed by atoms with van der Waals surface area (Å²) in [6.45, 7) is 5.81. The number of nitriles is 1. The zero-order chi connectivity index (χ0) is 17.7. The first-order valence-corrected chi connectivity index (χ1v) is 7.46. The highest BCUT2D eigenvalue weighted by Crippen LogP contribution is 2.23. The summed E-state index contributed by atoms with van der Waals surface area (Å²) in [7, 11) is 0. The predicted octanol–water partition coefficient (Wildman–Crippen LogP) is 3.78. The van der Waals surface area contributed by atoms with Crippen LogP contribution in [0.2, 0.25) is 0 Å². The molecule has 0 atom stereocenters. The standard InChI is InChI=1S/C19H19N3O2/c1-12-8-13(2)18(14(3)9-12)22-19(24)15(10-20)11-21-16-6-4-5-7-17(16)23/h4-9,11,21,23H,1-3H3,(H,22,24)/b15-11-. The molecule has 0 saturated carbocycles. The first-order chi connectivity index (χ1) is 11.4. The van der Waals surface area contributed by atoms with Crippen LogP contribution in [0.25, 0.3) is 0 Å². The second kappa shape index (κ2) is 7.34. The van der Waals surface area contributed by atoms with E-state index in [1.165, 1.54) is 12.3 Å². The van der Waals surface area contributed by atoms with Crippen LogP contribution in [0.4, 0.5) is 11.4 Å². The molecule has 0 radical (unpaired) electrons. The average Bonchev–Trinajstić information content (AvgIpc) is 2.53. The van der Waals surface area contributed by atoms with Gasteiger partial charge in [-0.3, -0.25) is 4.79 Å². The van der Waals surface area contributed by atoms with E-state index in [9.17, 15) is 15.2 Å². The lowest BCUT2D eigenvalue weighted by atomic mass is 10.0. The van der Waals surface area contributed by atoms with Crippen molar-refractivity contribution < 1.29 is 9.90 Å². The van der Waals surface area contributed by atoms with Gasteiger partial charge in [-0.2, -0.15) is 5.26 Å². The summed E-state index contributed by atoms with van der Waals surface area (Å²) in [4.78, 5) is 12.3. The van der Waals surface area contributed by atoms with Crippen LogP contribution < -0.4 is 10.6 Å². The van der Waals surface area contributed by atoms with Gasteiger partial charge >= 0.3 is 0 Å². The largest absolute Gasteiger partial charge is 0.506 e. The zero-order valence-corrected chi connectivity index (χ0v) is 13.8. The molecule has 0 spiro atoms. The molecule has 0 aromatic heterocycles. The van der Waals surface area contributed by atoms with E-state index < -0.39 is 5.91 Å². The highest BCUT2D eigenvalue weighted by atomic mass is 16.3. The summed E-state index contributed by atoms with van der Waals surface area (Å²) in [5.41, 5.74) is 4.02. The lowest BCUT2D eigenvalue weighted by Crippen LogP contribution is -2.16. The first kappa shape index (κ1) is 17.1. The van der Waals surface area contributed by atoms with Gasteiger partial charge in [0.25, 0.3) is 5.91 Å². The van der Waals surface area contributed by atoms with Crippen molar-refractivity contribution in [1.82, 2.24) is 0 Å². The fourth-order valence-electron chi connectivity index (χ4n) is 2.45. The topological polar surface area (TPSA) is 85.2 Å². The average molecular weight is 321 g/mol. The summed E-state index contributed by atoms with van der Waals surface area (Å²) in [5.74, 6) is -0.466. The van der Waals surface area contributed by atoms with Crippen molar-refractivity contribution in [3.63, 3.8) is 0 Å². The third-order valence-electron chi connectivity index (χ3n) is 3.56. The van der Waals surface area contributed by atoms with E-state index in [0.717, 1.165) is 16.7 Å². The molecule has 0 aliphatic carbocycles. The molecule has 0 bridgehead atoms. The Bertz CT molecular complexity index is 825. The Hall–Kier alpha value is -3.26. The second-order valence-electron chi connectivity index (χ2n) is 5.56. The number of anilines is 2. The van der Waals surface area contributed by atoms with Crippen molar-refractivity contribution in [3.8, 4) is 11.8 Å². The van der Waals surface area contributed by atoms with E-state index in [-0.39, 0.29) is 11.3 Å². The number of phenolic OH excluding ortho intramolecular Hbond substituents is 1. The molecule has 0 heterocycles. The number of carbonyl (C=O) groups excluding carboxylic acids is 1. The molecule has 5 heteroatoms. The quantitative estimate of drug-likeness (QED) is 0.454. The minimum absolute atomic E-state index is 0.0386. The Morgan fingerprint density at radius 1 is 1.17 bits per heavy atom. The van der Waals surface area contributed by atoms with E-state index in [2.05, 4.69) is 10.6 Å². The Morgan fingerprint density at radius 3 is 2.38 bits per heavy atom. The molecule has 1 amide bonds. The molecule has 3 N–H and O–H groups in total. The van der Waals surface area contributed by atoms with Crippen LogP contribution in [-0.4, -0.2) is 11.0 Å². The molecule has 0 aliphatic heterocycles. The van der Waals surface area contributed by atoms with Crippen LogP contribution in [0, 0.1) is 32.1 Å². The summed E-state index contributed by atoms with van der Waals surface area (Å²) >= 11 is 0. The third-order valence-corrected chi connectivity index (χ3v) is 3.56. The van der Waals surface area contributed by atoms with Crippen LogP contribution in [0.5, 0.6) is 5.75 Å². The minimum atomic E-state index is -0.504. The van der Waals surface area contributed by atoms with Crippen molar-refractivity contribution in [2.45, 2.75) is 20.8 Å². The number of carbonyl (C=O) groups is 1. The molecule has 2 rings (SSSR count). The number of rotatable bonds is 4. The normalized spacial score (nSPS) is 10.8. The SMILES string of the molecule is Cc1cc(C)c(NC(=O)/C(C#N)=C\Nc2ccccc2O)c(C)c1. The second-order valence-corrected chi connectivity index (χ2v) is 5.56. The van der Waals surface area contributed by atoms with Crippen molar-refractivity contribution >= 4 is 17.3 Å². The molecule has 5 nitrogen and oxygen atoms in total. The van der Waals surface area contributed by atoms with E-state index in [0.29, 0.717) is 11.4 Å². The summed E-state index contributed by atoms with van der Waals surface area (Å²) in [5, 5.41) is 24.5. The Balaban J connectivity index is 2.20. The highest BCUT2D eigenvalue weighted by molar-refractivity contribution is 6.07. The van der Waals surface area contributed by atoms with Gasteiger partial charge in [-0.1, -0.05) is 29.8 Å². The molecule has 24 heavy (non-hydrogen) atoms. The van der Waals surface area contributed by atoms with Crippen LogP contribution in [0.1, 0.15) is 16.7 Å². The van der Waals surface area contributed by atoms with Gasteiger partial charge < -0.3 is 15.7 Å². The zero-order valence-electron chi connectivity index (χ0n) is 13.8. The molecule has 0 aliphatic rings. The van der Waals surface area contributed by atoms with Gasteiger partial charge in [0.1, 0.15) is 17.4 Å². The van der Waals surface area contributed by atoms with E-state index in [4.69, 9.17) is 0 Å². The summed E-state index contributed by atoms with van der Waals surface area (Å²) < 4.78 is 0. The van der Waals surface area contributed by atoms with Gasteiger partial charge in [0, 0.05) is 11.9 Å². The number of hydrogen-bond acceptors (Lipinski definition) is 4. The Kier molecular flexibility index (Phi) is 5.23. The van der Waals surface area contributed by atoms with E-state index >= 15 is 0 Å². The maximum atomic E-state index is 12.3. The number of aromatic hydroxyl groups is 1. The number of phenols is 1. The molecule has 0 fully saturated rings. The van der Waals surface area contributed by atoms with Crippen LogP contribution in [0.3, 0.4) is 0 Å². The van der Waals surface area contributed by atoms with Crippen LogP contribution >= 0.6 is 0 Å². The van der Waals surface area contributed by atoms with Gasteiger partial charge in [-0.05, 0) is 44.0 Å². The number of nitrogens with one attached hydrogen (secondary N) is 2.